The van der Waals surface area contributed by atoms with Crippen LogP contribution in [0.25, 0.3) is 11.0 Å². The number of pyridine rings is 1. The molecular weight excluding hydrogens is 314 g/mol. The van der Waals surface area contributed by atoms with Gasteiger partial charge in [-0.1, -0.05) is 12.1 Å². The van der Waals surface area contributed by atoms with Gasteiger partial charge >= 0.3 is 6.55 Å². The molecular formula is C17H18F2N4O. The van der Waals surface area contributed by atoms with Crippen LogP contribution >= 0.6 is 0 Å². The minimum Gasteiger partial charge on any atom is -0.387 e. The number of halogens is 2. The molecule has 3 rings (SSSR count). The molecule has 24 heavy (non-hydrogen) atoms. The highest BCUT2D eigenvalue weighted by Gasteiger charge is 2.22. The van der Waals surface area contributed by atoms with Gasteiger partial charge < -0.3 is 10.4 Å². The zero-order valence-electron chi connectivity index (χ0n) is 13.1. The van der Waals surface area contributed by atoms with E-state index in [0.717, 1.165) is 4.57 Å². The second-order valence-corrected chi connectivity index (χ2v) is 5.53. The number of nitrogens with zero attached hydrogens (tertiary/aromatic N) is 3. The zero-order valence-corrected chi connectivity index (χ0v) is 13.1. The molecule has 0 aliphatic carbocycles. The zero-order chi connectivity index (χ0) is 17.1. The molecule has 1 aromatic carbocycles. The first kappa shape index (κ1) is 16.5. The Bertz CT molecular complexity index is 807. The number of aliphatic hydroxyl groups excluding tert-OH is 1. The molecule has 0 spiro atoms. The number of aromatic nitrogens is 3. The summed E-state index contributed by atoms with van der Waals surface area (Å²) in [5.74, 6) is 0.244. The third kappa shape index (κ3) is 3.27. The number of para-hydroxylation sites is 2. The summed E-state index contributed by atoms with van der Waals surface area (Å²) in [5.41, 5.74) is 1.63. The quantitative estimate of drug-likeness (QED) is 0.727. The van der Waals surface area contributed by atoms with Crippen LogP contribution in [0.1, 0.15) is 37.0 Å². The van der Waals surface area contributed by atoms with Crippen molar-refractivity contribution in [3.05, 3.63) is 60.2 Å². The number of benzene rings is 1. The molecule has 2 aromatic heterocycles. The Morgan fingerprint density at radius 3 is 2.58 bits per heavy atom. The molecule has 0 aliphatic heterocycles. The van der Waals surface area contributed by atoms with Gasteiger partial charge in [0.15, 0.2) is 0 Å². The van der Waals surface area contributed by atoms with E-state index < -0.39 is 18.7 Å². The molecule has 2 heterocycles. The molecule has 7 heteroatoms. The third-order valence-electron chi connectivity index (χ3n) is 3.91. The van der Waals surface area contributed by atoms with Gasteiger partial charge in [-0.05, 0) is 36.8 Å². The van der Waals surface area contributed by atoms with Crippen molar-refractivity contribution < 1.29 is 13.9 Å². The number of aliphatic hydroxyl groups is 1. The van der Waals surface area contributed by atoms with E-state index in [2.05, 4.69) is 15.3 Å². The normalized spacial score (nSPS) is 14.2. The number of alkyl halides is 2. The topological polar surface area (TPSA) is 63.0 Å². The lowest BCUT2D eigenvalue weighted by Crippen LogP contribution is -2.27. The summed E-state index contributed by atoms with van der Waals surface area (Å²) in [4.78, 5) is 8.21. The second kappa shape index (κ2) is 7.02. The van der Waals surface area contributed by atoms with Gasteiger partial charge in [-0.3, -0.25) is 9.55 Å². The van der Waals surface area contributed by atoms with Crippen molar-refractivity contribution in [2.24, 2.45) is 0 Å². The Kier molecular flexibility index (Phi) is 4.82. The number of nitrogens with one attached hydrogen (secondary N) is 1. The van der Waals surface area contributed by atoms with Crippen molar-refractivity contribution in [3.63, 3.8) is 0 Å². The highest BCUT2D eigenvalue weighted by atomic mass is 19.3. The van der Waals surface area contributed by atoms with Crippen molar-refractivity contribution >= 4 is 11.0 Å². The Morgan fingerprint density at radius 2 is 1.88 bits per heavy atom. The maximum atomic E-state index is 13.5. The van der Waals surface area contributed by atoms with Crippen LogP contribution < -0.4 is 5.32 Å². The smallest absolute Gasteiger partial charge is 0.320 e. The van der Waals surface area contributed by atoms with E-state index in [0.29, 0.717) is 16.6 Å². The van der Waals surface area contributed by atoms with Gasteiger partial charge in [-0.25, -0.2) is 4.98 Å². The Morgan fingerprint density at radius 1 is 1.17 bits per heavy atom. The number of hydrogen-bond acceptors (Lipinski definition) is 4. The summed E-state index contributed by atoms with van der Waals surface area (Å²) in [5, 5.41) is 13.2. The van der Waals surface area contributed by atoms with E-state index in [1.165, 1.54) is 0 Å². The molecule has 3 aromatic rings. The van der Waals surface area contributed by atoms with Gasteiger partial charge in [0, 0.05) is 18.9 Å². The molecule has 0 aliphatic rings. The van der Waals surface area contributed by atoms with Crippen LogP contribution in [0, 0.1) is 0 Å². The maximum Gasteiger partial charge on any atom is 0.320 e. The molecule has 0 bridgehead atoms. The van der Waals surface area contributed by atoms with Crippen molar-refractivity contribution in [1.29, 1.82) is 0 Å². The van der Waals surface area contributed by atoms with E-state index in [1.54, 1.807) is 55.7 Å². The van der Waals surface area contributed by atoms with Crippen LogP contribution in [0.3, 0.4) is 0 Å². The van der Waals surface area contributed by atoms with Crippen LogP contribution in [0.2, 0.25) is 0 Å². The largest absolute Gasteiger partial charge is 0.387 e. The number of fused-ring (bicyclic) bond motifs is 1. The summed E-state index contributed by atoms with van der Waals surface area (Å²) in [6.07, 6.45) is 2.44. The van der Waals surface area contributed by atoms with Crippen molar-refractivity contribution in [1.82, 2.24) is 19.9 Å². The number of imidazole rings is 1. The molecule has 0 saturated carbocycles. The fourth-order valence-electron chi connectivity index (χ4n) is 2.66. The van der Waals surface area contributed by atoms with Crippen molar-refractivity contribution in [2.45, 2.75) is 25.6 Å². The van der Waals surface area contributed by atoms with E-state index >= 15 is 0 Å². The van der Waals surface area contributed by atoms with Crippen LogP contribution in [0.15, 0.2) is 48.8 Å². The lowest BCUT2D eigenvalue weighted by molar-refractivity contribution is 0.0694. The first-order valence-electron chi connectivity index (χ1n) is 7.64. The van der Waals surface area contributed by atoms with E-state index in [1.807, 2.05) is 0 Å². The standard InChI is InChI=1S/C17H18F2N4O/c1-11(21-10-15(24)12-6-8-20-9-7-12)16-22-13-4-2-3-5-14(13)23(16)17(18)19/h2-9,11,15,17,21,24H,10H2,1H3/t11-,15+/m1/s1. The predicted molar refractivity (Wildman–Crippen MR) is 86.6 cm³/mol. The van der Waals surface area contributed by atoms with Gasteiger partial charge in [0.05, 0.1) is 23.2 Å². The maximum absolute atomic E-state index is 13.5. The fraction of sp³-hybridized carbons (Fsp3) is 0.294. The SMILES string of the molecule is C[C@@H](NC[C@H](O)c1ccncc1)c1nc2ccccc2n1C(F)F. The van der Waals surface area contributed by atoms with Crippen LogP contribution in [0.5, 0.6) is 0 Å². The first-order valence-corrected chi connectivity index (χ1v) is 7.64. The Hall–Kier alpha value is -2.38. The van der Waals surface area contributed by atoms with Crippen LogP contribution in [-0.2, 0) is 0 Å². The van der Waals surface area contributed by atoms with Gasteiger partial charge in [0.25, 0.3) is 0 Å². The lowest BCUT2D eigenvalue weighted by Gasteiger charge is -2.18. The monoisotopic (exact) mass is 332 g/mol. The molecule has 0 amide bonds. The van der Waals surface area contributed by atoms with Gasteiger partial charge in [-0.2, -0.15) is 8.78 Å². The molecule has 0 fully saturated rings. The third-order valence-corrected chi connectivity index (χ3v) is 3.91. The molecule has 2 N–H and O–H groups in total. The Balaban J connectivity index is 1.79. The van der Waals surface area contributed by atoms with Crippen LogP contribution in [-0.4, -0.2) is 26.2 Å². The average molecular weight is 332 g/mol. The molecule has 5 nitrogen and oxygen atoms in total. The molecule has 2 atom stereocenters. The van der Waals surface area contributed by atoms with Gasteiger partial charge in [0.2, 0.25) is 0 Å². The van der Waals surface area contributed by atoms with E-state index in [4.69, 9.17) is 0 Å². The molecule has 126 valence electrons. The molecule has 0 unspecified atom stereocenters. The lowest BCUT2D eigenvalue weighted by atomic mass is 10.1. The minimum atomic E-state index is -2.68. The molecule has 0 saturated heterocycles. The van der Waals surface area contributed by atoms with Gasteiger partial charge in [-0.15, -0.1) is 0 Å². The van der Waals surface area contributed by atoms with Gasteiger partial charge in [0.1, 0.15) is 5.82 Å². The fourth-order valence-corrected chi connectivity index (χ4v) is 2.66. The highest BCUT2D eigenvalue weighted by molar-refractivity contribution is 5.76. The Labute approximate surface area is 138 Å². The van der Waals surface area contributed by atoms with Crippen molar-refractivity contribution in [2.75, 3.05) is 6.54 Å². The summed E-state index contributed by atoms with van der Waals surface area (Å²) < 4.78 is 27.8. The second-order valence-electron chi connectivity index (χ2n) is 5.53. The highest BCUT2D eigenvalue weighted by Crippen LogP contribution is 2.26. The number of rotatable bonds is 6. The predicted octanol–water partition coefficient (Wildman–Crippen LogP) is 3.21. The van der Waals surface area contributed by atoms with E-state index in [-0.39, 0.29) is 12.4 Å². The summed E-state index contributed by atoms with van der Waals surface area (Å²) >= 11 is 0. The summed E-state index contributed by atoms with van der Waals surface area (Å²) in [7, 11) is 0. The minimum absolute atomic E-state index is 0.220. The van der Waals surface area contributed by atoms with E-state index in [9.17, 15) is 13.9 Å². The summed E-state index contributed by atoms with van der Waals surface area (Å²) in [6.45, 7) is -0.710. The molecule has 0 radical (unpaired) electrons. The van der Waals surface area contributed by atoms with Crippen LogP contribution in [0.4, 0.5) is 8.78 Å². The number of hydrogen-bond donors (Lipinski definition) is 2. The van der Waals surface area contributed by atoms with Crippen molar-refractivity contribution in [3.8, 4) is 0 Å². The average Bonchev–Trinajstić information content (AvgIpc) is 3.00. The summed E-state index contributed by atoms with van der Waals surface area (Å²) in [6, 6.07) is 9.78. The first-order chi connectivity index (χ1) is 11.6.